The third kappa shape index (κ3) is 2.38. The molecule has 0 aromatic carbocycles. The second-order valence-corrected chi connectivity index (χ2v) is 3.50. The number of halogens is 3. The first-order valence-corrected chi connectivity index (χ1v) is 4.67. The van der Waals surface area contributed by atoms with Crippen LogP contribution in [0.25, 0.3) is 0 Å². The summed E-state index contributed by atoms with van der Waals surface area (Å²) in [6, 6.07) is 2.32. The van der Waals surface area contributed by atoms with Crippen molar-refractivity contribution in [3.63, 3.8) is 0 Å². The lowest BCUT2D eigenvalue weighted by molar-refractivity contribution is 0.0695. The Hall–Kier alpha value is -1.30. The molecule has 0 aliphatic rings. The number of nitriles is 1. The van der Waals surface area contributed by atoms with E-state index < -0.39 is 23.5 Å². The van der Waals surface area contributed by atoms with Crippen molar-refractivity contribution in [3.8, 4) is 6.07 Å². The SMILES string of the molecule is N#Cc1nc(I)c(C(F)F)cc1C(=O)O. The Morgan fingerprint density at radius 2 is 2.27 bits per heavy atom. The van der Waals surface area contributed by atoms with E-state index >= 15 is 0 Å². The third-order valence-corrected chi connectivity index (χ3v) is 2.44. The molecule has 0 aliphatic heterocycles. The number of aromatic carboxylic acids is 1. The van der Waals surface area contributed by atoms with Crippen LogP contribution in [0.3, 0.4) is 0 Å². The summed E-state index contributed by atoms with van der Waals surface area (Å²) < 4.78 is 24.7. The Labute approximate surface area is 96.7 Å². The standard InChI is InChI=1S/C8H3F2IN2O2/c9-6(10)4-1-3(8(14)15)5(2-12)13-7(4)11/h1,6H,(H,14,15). The molecule has 0 spiro atoms. The van der Waals surface area contributed by atoms with Gasteiger partial charge in [0.25, 0.3) is 6.43 Å². The molecule has 0 unspecified atom stereocenters. The van der Waals surface area contributed by atoms with Crippen LogP contribution in [-0.4, -0.2) is 16.1 Å². The van der Waals surface area contributed by atoms with Gasteiger partial charge >= 0.3 is 5.97 Å². The summed E-state index contributed by atoms with van der Waals surface area (Å²) in [6.07, 6.45) is -2.81. The largest absolute Gasteiger partial charge is 0.478 e. The Morgan fingerprint density at radius 1 is 1.67 bits per heavy atom. The summed E-state index contributed by atoms with van der Waals surface area (Å²) in [5.41, 5.74) is -1.35. The number of carboxylic acids is 1. The molecular formula is C8H3F2IN2O2. The average Bonchev–Trinajstić information content (AvgIpc) is 2.16. The van der Waals surface area contributed by atoms with Crippen LogP contribution in [0.4, 0.5) is 8.78 Å². The van der Waals surface area contributed by atoms with E-state index in [2.05, 4.69) is 4.98 Å². The van der Waals surface area contributed by atoms with Gasteiger partial charge < -0.3 is 5.11 Å². The van der Waals surface area contributed by atoms with E-state index in [0.717, 1.165) is 6.07 Å². The van der Waals surface area contributed by atoms with E-state index in [4.69, 9.17) is 10.4 Å². The molecule has 0 atom stereocenters. The number of rotatable bonds is 2. The normalized spacial score (nSPS) is 10.1. The monoisotopic (exact) mass is 324 g/mol. The van der Waals surface area contributed by atoms with Gasteiger partial charge in [-0.2, -0.15) is 5.26 Å². The molecular weight excluding hydrogens is 321 g/mol. The highest BCUT2D eigenvalue weighted by atomic mass is 127. The molecule has 1 aromatic heterocycles. The van der Waals surface area contributed by atoms with Crippen LogP contribution in [0.1, 0.15) is 28.0 Å². The minimum Gasteiger partial charge on any atom is -0.478 e. The van der Waals surface area contributed by atoms with Crippen molar-refractivity contribution >= 4 is 28.6 Å². The fourth-order valence-corrected chi connectivity index (χ4v) is 1.54. The number of alkyl halides is 2. The quantitative estimate of drug-likeness (QED) is 0.668. The molecule has 15 heavy (non-hydrogen) atoms. The molecule has 0 saturated heterocycles. The van der Waals surface area contributed by atoms with Crippen LogP contribution in [0.15, 0.2) is 6.07 Å². The van der Waals surface area contributed by atoms with E-state index in [-0.39, 0.29) is 9.39 Å². The Bertz CT molecular complexity index is 457. The van der Waals surface area contributed by atoms with Crippen molar-refractivity contribution in [2.45, 2.75) is 6.43 Å². The first-order chi connectivity index (χ1) is 6.97. The first kappa shape index (κ1) is 11.8. The second kappa shape index (κ2) is 4.48. The van der Waals surface area contributed by atoms with E-state index in [0.29, 0.717) is 0 Å². The van der Waals surface area contributed by atoms with Crippen LogP contribution in [0.2, 0.25) is 0 Å². The van der Waals surface area contributed by atoms with Crippen molar-refractivity contribution in [3.05, 3.63) is 26.6 Å². The minimum absolute atomic E-state index is 0.0656. The van der Waals surface area contributed by atoms with Gasteiger partial charge in [-0.3, -0.25) is 0 Å². The summed E-state index contributed by atoms with van der Waals surface area (Å²) >= 11 is 1.53. The lowest BCUT2D eigenvalue weighted by Gasteiger charge is -2.05. The molecule has 4 nitrogen and oxygen atoms in total. The maximum absolute atomic E-state index is 12.4. The number of hydrogen-bond donors (Lipinski definition) is 1. The molecule has 1 aromatic rings. The number of pyridine rings is 1. The lowest BCUT2D eigenvalue weighted by atomic mass is 10.1. The van der Waals surface area contributed by atoms with Crippen molar-refractivity contribution in [2.75, 3.05) is 0 Å². The molecule has 0 bridgehead atoms. The summed E-state index contributed by atoms with van der Waals surface area (Å²) in [7, 11) is 0. The topological polar surface area (TPSA) is 74.0 Å². The number of hydrogen-bond acceptors (Lipinski definition) is 3. The van der Waals surface area contributed by atoms with Crippen LogP contribution in [-0.2, 0) is 0 Å². The maximum atomic E-state index is 12.4. The van der Waals surface area contributed by atoms with Crippen LogP contribution in [0, 0.1) is 15.0 Å². The van der Waals surface area contributed by atoms with Gasteiger partial charge in [-0.15, -0.1) is 0 Å². The first-order valence-electron chi connectivity index (χ1n) is 3.59. The zero-order valence-electron chi connectivity index (χ0n) is 7.04. The highest BCUT2D eigenvalue weighted by Gasteiger charge is 2.20. The van der Waals surface area contributed by atoms with E-state index in [9.17, 15) is 13.6 Å². The van der Waals surface area contributed by atoms with Gasteiger partial charge in [-0.05, 0) is 28.7 Å². The number of carbonyl (C=O) groups is 1. The van der Waals surface area contributed by atoms with E-state index in [1.165, 1.54) is 22.6 Å². The van der Waals surface area contributed by atoms with Gasteiger partial charge in [0.15, 0.2) is 5.69 Å². The molecule has 0 amide bonds. The predicted octanol–water partition coefficient (Wildman–Crippen LogP) is 2.19. The minimum atomic E-state index is -2.81. The molecule has 0 fully saturated rings. The number of aromatic nitrogens is 1. The Kier molecular flexibility index (Phi) is 3.52. The predicted molar refractivity (Wildman–Crippen MR) is 53.6 cm³/mol. The fraction of sp³-hybridized carbons (Fsp3) is 0.125. The van der Waals surface area contributed by atoms with Crippen molar-refractivity contribution in [1.82, 2.24) is 4.98 Å². The van der Waals surface area contributed by atoms with Gasteiger partial charge in [0.2, 0.25) is 0 Å². The summed E-state index contributed by atoms with van der Waals surface area (Å²) in [5, 5.41) is 17.2. The molecule has 1 rings (SSSR count). The average molecular weight is 324 g/mol. The number of nitrogens with zero attached hydrogens (tertiary/aromatic N) is 2. The maximum Gasteiger partial charge on any atom is 0.338 e. The van der Waals surface area contributed by atoms with Gasteiger partial charge in [-0.1, -0.05) is 0 Å². The van der Waals surface area contributed by atoms with Gasteiger partial charge in [0.05, 0.1) is 11.1 Å². The fourth-order valence-electron chi connectivity index (χ4n) is 0.908. The highest BCUT2D eigenvalue weighted by molar-refractivity contribution is 14.1. The van der Waals surface area contributed by atoms with Crippen molar-refractivity contribution in [1.29, 1.82) is 5.26 Å². The summed E-state index contributed by atoms with van der Waals surface area (Å²) in [6.45, 7) is 0. The summed E-state index contributed by atoms with van der Waals surface area (Å²) in [5.74, 6) is -1.45. The summed E-state index contributed by atoms with van der Waals surface area (Å²) in [4.78, 5) is 14.1. The molecule has 0 aliphatic carbocycles. The zero-order chi connectivity index (χ0) is 11.6. The van der Waals surface area contributed by atoms with Crippen LogP contribution < -0.4 is 0 Å². The second-order valence-electron chi connectivity index (χ2n) is 2.48. The molecule has 0 saturated carbocycles. The number of carboxylic acid groups (broad SMARTS) is 1. The smallest absolute Gasteiger partial charge is 0.338 e. The van der Waals surface area contributed by atoms with Crippen LogP contribution >= 0.6 is 22.6 Å². The van der Waals surface area contributed by atoms with Crippen molar-refractivity contribution < 1.29 is 18.7 Å². The molecule has 0 radical (unpaired) electrons. The highest BCUT2D eigenvalue weighted by Crippen LogP contribution is 2.25. The molecule has 1 N–H and O–H groups in total. The molecule has 1 heterocycles. The Morgan fingerprint density at radius 3 is 2.67 bits per heavy atom. The molecule has 7 heteroatoms. The van der Waals surface area contributed by atoms with Gasteiger partial charge in [0, 0.05) is 0 Å². The third-order valence-electron chi connectivity index (χ3n) is 1.57. The van der Waals surface area contributed by atoms with Crippen molar-refractivity contribution in [2.24, 2.45) is 0 Å². The van der Waals surface area contributed by atoms with E-state index in [1.54, 1.807) is 6.07 Å². The van der Waals surface area contributed by atoms with Gasteiger partial charge in [0.1, 0.15) is 9.77 Å². The van der Waals surface area contributed by atoms with E-state index in [1.807, 2.05) is 0 Å². The molecule has 78 valence electrons. The zero-order valence-corrected chi connectivity index (χ0v) is 9.20. The van der Waals surface area contributed by atoms with Crippen LogP contribution in [0.5, 0.6) is 0 Å². The Balaban J connectivity index is 3.45. The van der Waals surface area contributed by atoms with Gasteiger partial charge in [-0.25, -0.2) is 18.6 Å². The lowest BCUT2D eigenvalue weighted by Crippen LogP contribution is -2.06.